The molecule has 1 saturated heterocycles. The molecule has 1 aromatic carbocycles. The van der Waals surface area contributed by atoms with E-state index in [2.05, 4.69) is 41.5 Å². The van der Waals surface area contributed by atoms with Crippen LogP contribution < -0.4 is 5.73 Å². The van der Waals surface area contributed by atoms with Gasteiger partial charge in [-0.05, 0) is 68.9 Å². The van der Waals surface area contributed by atoms with E-state index in [1.807, 2.05) is 6.92 Å². The fourth-order valence-corrected chi connectivity index (χ4v) is 5.53. The lowest BCUT2D eigenvalue weighted by molar-refractivity contribution is -0.260. The van der Waals surface area contributed by atoms with Crippen LogP contribution in [0, 0.1) is 16.7 Å². The van der Waals surface area contributed by atoms with E-state index in [4.69, 9.17) is 15.2 Å². The molecule has 2 aliphatic heterocycles. The van der Waals surface area contributed by atoms with E-state index in [9.17, 15) is 19.8 Å². The van der Waals surface area contributed by atoms with Crippen LogP contribution in [0.3, 0.4) is 0 Å². The van der Waals surface area contributed by atoms with Crippen LogP contribution >= 0.6 is 0 Å². The molecule has 8 heteroatoms. The van der Waals surface area contributed by atoms with Gasteiger partial charge in [-0.15, -0.1) is 0 Å². The SMILES string of the molecule is CC(O)CC(C)(C)C(C)(N)CCC(C)(C)C(C)C1CC(C)OC(c2cc3c(cc2O)C(=O)N(C)C3=O)O1. The van der Waals surface area contributed by atoms with Crippen molar-refractivity contribution in [1.29, 1.82) is 0 Å². The third-order valence-corrected chi connectivity index (χ3v) is 9.14. The Hall–Kier alpha value is -2.00. The number of carbonyl (C=O) groups is 2. The van der Waals surface area contributed by atoms with Gasteiger partial charge in [0.15, 0.2) is 6.29 Å². The number of nitrogens with zero attached hydrogens (tertiary/aromatic N) is 1. The van der Waals surface area contributed by atoms with Gasteiger partial charge in [0.25, 0.3) is 11.8 Å². The number of aromatic hydroxyl groups is 1. The first-order valence-corrected chi connectivity index (χ1v) is 13.3. The lowest BCUT2D eigenvalue weighted by atomic mass is 9.64. The predicted molar refractivity (Wildman–Crippen MR) is 142 cm³/mol. The summed E-state index contributed by atoms with van der Waals surface area (Å²) in [7, 11) is 1.43. The molecule has 0 radical (unpaired) electrons. The standard InChI is InChI=1S/C29H46N2O6/c1-16(32)15-28(6,7)29(8,30)11-10-27(4,5)18(3)23-12-17(2)36-26(37-23)21-13-19-20(14-22(21)33)25(35)31(9)24(19)34/h13-14,16-18,23,26,32-33H,10-12,15,30H2,1-9H3. The molecule has 208 valence electrons. The average Bonchev–Trinajstić information content (AvgIpc) is 2.98. The summed E-state index contributed by atoms with van der Waals surface area (Å²) < 4.78 is 12.5. The van der Waals surface area contributed by atoms with Crippen molar-refractivity contribution in [2.45, 2.75) is 111 Å². The van der Waals surface area contributed by atoms with Gasteiger partial charge in [0.2, 0.25) is 0 Å². The summed E-state index contributed by atoms with van der Waals surface area (Å²) in [6.45, 7) is 16.7. The summed E-state index contributed by atoms with van der Waals surface area (Å²) >= 11 is 0. The number of hydrogen-bond donors (Lipinski definition) is 3. The van der Waals surface area contributed by atoms with Gasteiger partial charge in [0, 0.05) is 19.0 Å². The number of phenolic OH excluding ortho intramolecular Hbond substituents is 1. The van der Waals surface area contributed by atoms with Crippen LogP contribution in [0.15, 0.2) is 12.1 Å². The molecule has 8 nitrogen and oxygen atoms in total. The van der Waals surface area contributed by atoms with Crippen LogP contribution in [-0.4, -0.2) is 57.8 Å². The van der Waals surface area contributed by atoms with Gasteiger partial charge in [-0.25, -0.2) is 0 Å². The smallest absolute Gasteiger partial charge is 0.261 e. The summed E-state index contributed by atoms with van der Waals surface area (Å²) in [5.41, 5.74) is 6.78. The van der Waals surface area contributed by atoms with Crippen molar-refractivity contribution in [2.24, 2.45) is 22.5 Å². The van der Waals surface area contributed by atoms with Crippen LogP contribution in [0.2, 0.25) is 0 Å². The first-order chi connectivity index (χ1) is 16.9. The second kappa shape index (κ2) is 10.3. The Labute approximate surface area is 221 Å². The number of aliphatic hydroxyl groups excluding tert-OH is 1. The van der Waals surface area contributed by atoms with Crippen molar-refractivity contribution >= 4 is 11.8 Å². The second-order valence-corrected chi connectivity index (χ2v) is 12.9. The van der Waals surface area contributed by atoms with E-state index in [-0.39, 0.29) is 45.8 Å². The molecule has 0 saturated carbocycles. The maximum atomic E-state index is 12.5. The Kier molecular flexibility index (Phi) is 8.22. The Morgan fingerprint density at radius 1 is 1.05 bits per heavy atom. The molecule has 1 aromatic rings. The van der Waals surface area contributed by atoms with Crippen LogP contribution in [0.5, 0.6) is 5.75 Å². The average molecular weight is 519 g/mol. The van der Waals surface area contributed by atoms with Crippen molar-refractivity contribution in [2.75, 3.05) is 7.05 Å². The number of amides is 2. The summed E-state index contributed by atoms with van der Waals surface area (Å²) in [6, 6.07) is 2.86. The fourth-order valence-electron chi connectivity index (χ4n) is 5.53. The molecular weight excluding hydrogens is 472 g/mol. The molecule has 6 atom stereocenters. The van der Waals surface area contributed by atoms with E-state index < -0.39 is 29.7 Å². The van der Waals surface area contributed by atoms with E-state index in [0.29, 0.717) is 18.4 Å². The molecule has 6 unspecified atom stereocenters. The molecule has 2 heterocycles. The number of phenols is 1. The molecule has 0 spiro atoms. The van der Waals surface area contributed by atoms with E-state index in [1.165, 1.54) is 19.2 Å². The highest BCUT2D eigenvalue weighted by Crippen LogP contribution is 2.46. The quantitative estimate of drug-likeness (QED) is 0.403. The molecule has 2 aliphatic rings. The number of rotatable bonds is 9. The molecule has 0 aliphatic carbocycles. The number of benzene rings is 1. The highest BCUT2D eigenvalue weighted by Gasteiger charge is 2.43. The first kappa shape index (κ1) is 29.6. The number of carbonyl (C=O) groups excluding carboxylic acids is 2. The number of fused-ring (bicyclic) bond motifs is 1. The van der Waals surface area contributed by atoms with Crippen molar-refractivity contribution in [1.82, 2.24) is 4.90 Å². The summed E-state index contributed by atoms with van der Waals surface area (Å²) in [5.74, 6) is -0.820. The maximum absolute atomic E-state index is 12.5. The van der Waals surface area contributed by atoms with E-state index in [1.54, 1.807) is 6.92 Å². The second-order valence-electron chi connectivity index (χ2n) is 12.9. The summed E-state index contributed by atoms with van der Waals surface area (Å²) in [5, 5.41) is 20.7. The Morgan fingerprint density at radius 2 is 1.62 bits per heavy atom. The Bertz CT molecular complexity index is 1030. The number of imide groups is 1. The normalized spacial score (nSPS) is 26.1. The topological polar surface area (TPSA) is 122 Å². The third-order valence-electron chi connectivity index (χ3n) is 9.14. The lowest BCUT2D eigenvalue weighted by Gasteiger charge is -2.46. The molecule has 4 N–H and O–H groups in total. The maximum Gasteiger partial charge on any atom is 0.261 e. The van der Waals surface area contributed by atoms with Crippen molar-refractivity contribution in [3.8, 4) is 5.75 Å². The van der Waals surface area contributed by atoms with Crippen LogP contribution in [0.25, 0.3) is 0 Å². The number of hydrogen-bond acceptors (Lipinski definition) is 7. The highest BCUT2D eigenvalue weighted by molar-refractivity contribution is 6.21. The fraction of sp³-hybridized carbons (Fsp3) is 0.724. The zero-order valence-electron chi connectivity index (χ0n) is 23.9. The first-order valence-electron chi connectivity index (χ1n) is 13.3. The van der Waals surface area contributed by atoms with Gasteiger partial charge in [-0.1, -0.05) is 34.6 Å². The minimum absolute atomic E-state index is 0.112. The van der Waals surface area contributed by atoms with Crippen molar-refractivity contribution in [3.05, 3.63) is 28.8 Å². The number of nitrogens with two attached hydrogens (primary N) is 1. The molecule has 3 rings (SSSR count). The van der Waals surface area contributed by atoms with Crippen LogP contribution in [0.4, 0.5) is 0 Å². The molecule has 0 bridgehead atoms. The Balaban J connectivity index is 1.77. The largest absolute Gasteiger partial charge is 0.507 e. The molecule has 1 fully saturated rings. The van der Waals surface area contributed by atoms with Gasteiger partial charge in [0.1, 0.15) is 5.75 Å². The third kappa shape index (κ3) is 5.87. The lowest BCUT2D eigenvalue weighted by Crippen LogP contribution is -2.52. The predicted octanol–water partition coefficient (Wildman–Crippen LogP) is 4.77. The van der Waals surface area contributed by atoms with Gasteiger partial charge in [0.05, 0.1) is 35.0 Å². The van der Waals surface area contributed by atoms with Gasteiger partial charge < -0.3 is 25.4 Å². The van der Waals surface area contributed by atoms with Gasteiger partial charge in [-0.3, -0.25) is 14.5 Å². The number of aliphatic hydroxyl groups is 1. The van der Waals surface area contributed by atoms with E-state index in [0.717, 1.165) is 17.7 Å². The molecule has 0 aromatic heterocycles. The monoisotopic (exact) mass is 518 g/mol. The number of ether oxygens (including phenoxy) is 2. The zero-order chi connectivity index (χ0) is 28.1. The zero-order valence-corrected chi connectivity index (χ0v) is 23.9. The van der Waals surface area contributed by atoms with Crippen LogP contribution in [-0.2, 0) is 9.47 Å². The minimum atomic E-state index is -0.851. The summed E-state index contributed by atoms with van der Waals surface area (Å²) in [4.78, 5) is 25.9. The minimum Gasteiger partial charge on any atom is -0.507 e. The van der Waals surface area contributed by atoms with Crippen molar-refractivity contribution < 1.29 is 29.3 Å². The molecule has 37 heavy (non-hydrogen) atoms. The molecule has 2 amide bonds. The van der Waals surface area contributed by atoms with Crippen LogP contribution in [0.1, 0.15) is 114 Å². The van der Waals surface area contributed by atoms with E-state index >= 15 is 0 Å². The van der Waals surface area contributed by atoms with Crippen molar-refractivity contribution in [3.63, 3.8) is 0 Å². The Morgan fingerprint density at radius 3 is 2.19 bits per heavy atom. The summed E-state index contributed by atoms with van der Waals surface area (Å²) in [6.07, 6.45) is 1.45. The molecular formula is C29H46N2O6. The highest BCUT2D eigenvalue weighted by atomic mass is 16.7. The van der Waals surface area contributed by atoms with Gasteiger partial charge in [-0.2, -0.15) is 0 Å². The van der Waals surface area contributed by atoms with Gasteiger partial charge >= 0.3 is 0 Å².